The highest BCUT2D eigenvalue weighted by Crippen LogP contribution is 2.54. The zero-order valence-electron chi connectivity index (χ0n) is 9.39. The molecule has 0 spiro atoms. The van der Waals surface area contributed by atoms with E-state index in [0.717, 1.165) is 12.1 Å². The fourth-order valence-electron chi connectivity index (χ4n) is 2.13. The first kappa shape index (κ1) is 10.6. The summed E-state index contributed by atoms with van der Waals surface area (Å²) in [6, 6.07) is 7.27. The van der Waals surface area contributed by atoms with Gasteiger partial charge >= 0.3 is 0 Å². The lowest BCUT2D eigenvalue weighted by Crippen LogP contribution is -2.28. The first-order valence-electron chi connectivity index (χ1n) is 5.65. The SMILES string of the molecule is CCNC(c1ccccc1F)C1(C)CC1. The number of hydrogen-bond acceptors (Lipinski definition) is 1. The molecule has 1 unspecified atom stereocenters. The zero-order chi connectivity index (χ0) is 10.9. The minimum atomic E-state index is -0.0865. The minimum absolute atomic E-state index is 0.0865. The topological polar surface area (TPSA) is 12.0 Å². The molecule has 0 bridgehead atoms. The van der Waals surface area contributed by atoms with Crippen molar-refractivity contribution in [2.75, 3.05) is 6.54 Å². The Morgan fingerprint density at radius 2 is 2.07 bits per heavy atom. The summed E-state index contributed by atoms with van der Waals surface area (Å²) in [6.07, 6.45) is 2.39. The fourth-order valence-corrected chi connectivity index (χ4v) is 2.13. The van der Waals surface area contributed by atoms with Crippen molar-refractivity contribution in [2.24, 2.45) is 5.41 Å². The Balaban J connectivity index is 2.28. The van der Waals surface area contributed by atoms with Gasteiger partial charge in [0, 0.05) is 11.6 Å². The summed E-state index contributed by atoms with van der Waals surface area (Å²) >= 11 is 0. The van der Waals surface area contributed by atoms with Crippen LogP contribution in [0.4, 0.5) is 4.39 Å². The molecule has 1 aromatic carbocycles. The summed E-state index contributed by atoms with van der Waals surface area (Å²) in [5, 5.41) is 3.40. The third-order valence-corrected chi connectivity index (χ3v) is 3.36. The van der Waals surface area contributed by atoms with Gasteiger partial charge in [0.15, 0.2) is 0 Å². The molecule has 0 radical (unpaired) electrons. The van der Waals surface area contributed by atoms with E-state index in [1.54, 1.807) is 12.1 Å². The van der Waals surface area contributed by atoms with E-state index in [-0.39, 0.29) is 17.3 Å². The highest BCUT2D eigenvalue weighted by atomic mass is 19.1. The van der Waals surface area contributed by atoms with Crippen molar-refractivity contribution in [1.82, 2.24) is 5.32 Å². The molecule has 2 rings (SSSR count). The summed E-state index contributed by atoms with van der Waals surface area (Å²) in [5.74, 6) is -0.0865. The van der Waals surface area contributed by atoms with E-state index >= 15 is 0 Å². The maximum atomic E-state index is 13.7. The molecule has 0 amide bonds. The Kier molecular flexibility index (Phi) is 2.79. The van der Waals surface area contributed by atoms with Crippen molar-refractivity contribution in [3.05, 3.63) is 35.6 Å². The van der Waals surface area contributed by atoms with Crippen LogP contribution in [0.2, 0.25) is 0 Å². The van der Waals surface area contributed by atoms with Gasteiger partial charge < -0.3 is 5.32 Å². The summed E-state index contributed by atoms with van der Waals surface area (Å²) in [6.45, 7) is 5.18. The molecule has 82 valence electrons. The van der Waals surface area contributed by atoms with E-state index in [9.17, 15) is 4.39 Å². The average Bonchev–Trinajstić information content (AvgIpc) is 2.95. The number of rotatable bonds is 4. The molecule has 1 aliphatic carbocycles. The highest BCUT2D eigenvalue weighted by Gasteiger charge is 2.45. The lowest BCUT2D eigenvalue weighted by molar-refractivity contribution is 0.361. The number of nitrogens with one attached hydrogen (secondary N) is 1. The second-order valence-electron chi connectivity index (χ2n) is 4.67. The average molecular weight is 207 g/mol. The van der Waals surface area contributed by atoms with Crippen molar-refractivity contribution < 1.29 is 4.39 Å². The first-order valence-corrected chi connectivity index (χ1v) is 5.65. The minimum Gasteiger partial charge on any atom is -0.310 e. The van der Waals surface area contributed by atoms with E-state index < -0.39 is 0 Å². The Labute approximate surface area is 90.7 Å². The lowest BCUT2D eigenvalue weighted by Gasteiger charge is -2.25. The van der Waals surface area contributed by atoms with Gasteiger partial charge in [0.05, 0.1) is 0 Å². The largest absolute Gasteiger partial charge is 0.310 e. The van der Waals surface area contributed by atoms with Crippen molar-refractivity contribution in [3.8, 4) is 0 Å². The molecule has 15 heavy (non-hydrogen) atoms. The molecule has 1 nitrogen and oxygen atoms in total. The van der Waals surface area contributed by atoms with Crippen LogP contribution in [0.15, 0.2) is 24.3 Å². The van der Waals surface area contributed by atoms with Crippen LogP contribution in [0.1, 0.15) is 38.3 Å². The summed E-state index contributed by atoms with van der Waals surface area (Å²) < 4.78 is 13.7. The molecule has 1 saturated carbocycles. The quantitative estimate of drug-likeness (QED) is 0.799. The molecule has 2 heteroatoms. The van der Waals surface area contributed by atoms with Gasteiger partial charge in [-0.3, -0.25) is 0 Å². The van der Waals surface area contributed by atoms with Crippen LogP contribution in [-0.2, 0) is 0 Å². The van der Waals surface area contributed by atoms with Crippen LogP contribution in [-0.4, -0.2) is 6.54 Å². The Morgan fingerprint density at radius 1 is 1.40 bits per heavy atom. The predicted octanol–water partition coefficient (Wildman–Crippen LogP) is 3.28. The van der Waals surface area contributed by atoms with Crippen LogP contribution < -0.4 is 5.32 Å². The first-order chi connectivity index (χ1) is 7.17. The van der Waals surface area contributed by atoms with E-state index in [2.05, 4.69) is 19.2 Å². The van der Waals surface area contributed by atoms with Crippen molar-refractivity contribution in [3.63, 3.8) is 0 Å². The smallest absolute Gasteiger partial charge is 0.127 e. The molecule has 1 aliphatic rings. The molecule has 0 aliphatic heterocycles. The maximum Gasteiger partial charge on any atom is 0.127 e. The Hall–Kier alpha value is -0.890. The van der Waals surface area contributed by atoms with Gasteiger partial charge in [0.25, 0.3) is 0 Å². The normalized spacial score (nSPS) is 19.9. The number of benzene rings is 1. The predicted molar refractivity (Wildman–Crippen MR) is 60.2 cm³/mol. The second-order valence-corrected chi connectivity index (χ2v) is 4.67. The van der Waals surface area contributed by atoms with Gasteiger partial charge in [-0.2, -0.15) is 0 Å². The van der Waals surface area contributed by atoms with Crippen LogP contribution in [0.3, 0.4) is 0 Å². The van der Waals surface area contributed by atoms with Gasteiger partial charge in [-0.25, -0.2) is 4.39 Å². The van der Waals surface area contributed by atoms with Gasteiger partial charge in [-0.05, 0) is 30.9 Å². The molecule has 1 fully saturated rings. The highest BCUT2D eigenvalue weighted by molar-refractivity contribution is 5.25. The van der Waals surface area contributed by atoms with Crippen molar-refractivity contribution >= 4 is 0 Å². The molecule has 0 heterocycles. The molecule has 0 aromatic heterocycles. The summed E-state index contributed by atoms with van der Waals surface area (Å²) in [7, 11) is 0. The molecule has 0 saturated heterocycles. The number of hydrogen-bond donors (Lipinski definition) is 1. The Bertz CT molecular complexity index is 344. The zero-order valence-corrected chi connectivity index (χ0v) is 9.39. The second kappa shape index (κ2) is 3.93. The lowest BCUT2D eigenvalue weighted by atomic mass is 9.91. The van der Waals surface area contributed by atoms with E-state index in [1.165, 1.54) is 12.8 Å². The van der Waals surface area contributed by atoms with Crippen LogP contribution in [0, 0.1) is 11.2 Å². The Morgan fingerprint density at radius 3 is 2.60 bits per heavy atom. The fraction of sp³-hybridized carbons (Fsp3) is 0.538. The number of halogens is 1. The molecular weight excluding hydrogens is 189 g/mol. The van der Waals surface area contributed by atoms with E-state index in [4.69, 9.17) is 0 Å². The van der Waals surface area contributed by atoms with Gasteiger partial charge in [-0.1, -0.05) is 32.0 Å². The third kappa shape index (κ3) is 2.05. The van der Waals surface area contributed by atoms with Gasteiger partial charge in [0.2, 0.25) is 0 Å². The van der Waals surface area contributed by atoms with Crippen molar-refractivity contribution in [2.45, 2.75) is 32.7 Å². The summed E-state index contributed by atoms with van der Waals surface area (Å²) in [5.41, 5.74) is 1.08. The molecular formula is C13H18FN. The van der Waals surface area contributed by atoms with Crippen LogP contribution in [0.5, 0.6) is 0 Å². The van der Waals surface area contributed by atoms with E-state index in [0.29, 0.717) is 0 Å². The van der Waals surface area contributed by atoms with Gasteiger partial charge in [0.1, 0.15) is 5.82 Å². The maximum absolute atomic E-state index is 13.7. The molecule has 1 aromatic rings. The molecule has 1 atom stereocenters. The summed E-state index contributed by atoms with van der Waals surface area (Å²) in [4.78, 5) is 0. The molecule has 1 N–H and O–H groups in total. The van der Waals surface area contributed by atoms with Gasteiger partial charge in [-0.15, -0.1) is 0 Å². The van der Waals surface area contributed by atoms with Crippen LogP contribution in [0.25, 0.3) is 0 Å². The third-order valence-electron chi connectivity index (χ3n) is 3.36. The van der Waals surface area contributed by atoms with E-state index in [1.807, 2.05) is 12.1 Å². The standard InChI is InChI=1S/C13H18FN/c1-3-15-12(13(2)8-9-13)10-6-4-5-7-11(10)14/h4-7,12,15H,3,8-9H2,1-2H3. The van der Waals surface area contributed by atoms with Crippen molar-refractivity contribution in [1.29, 1.82) is 0 Å². The van der Waals surface area contributed by atoms with Crippen LogP contribution >= 0.6 is 0 Å². The monoisotopic (exact) mass is 207 g/mol.